The summed E-state index contributed by atoms with van der Waals surface area (Å²) in [5.74, 6) is -0.502. The number of nitrogens with one attached hydrogen (secondary N) is 1. The number of esters is 1. The van der Waals surface area contributed by atoms with Crippen molar-refractivity contribution in [1.82, 2.24) is 0 Å². The lowest BCUT2D eigenvalue weighted by atomic mass is 10.0. The summed E-state index contributed by atoms with van der Waals surface area (Å²) in [5.41, 5.74) is 1.43. The Labute approximate surface area is 115 Å². The fraction of sp³-hybridized carbons (Fsp3) is 0.385. The lowest BCUT2D eigenvalue weighted by Crippen LogP contribution is -2.30. The van der Waals surface area contributed by atoms with Gasteiger partial charge in [0.15, 0.2) is 0 Å². The standard InChI is InChI=1S/C13H15BrN2O2/c1-8(13(17)18-3)9(2)16-12-5-4-10(7-15)6-11(12)14/h4-6,8-9,16H,1-3H3. The second-order valence-electron chi connectivity index (χ2n) is 4.05. The Balaban J connectivity index is 2.79. The third-order valence-electron chi connectivity index (χ3n) is 2.80. The minimum Gasteiger partial charge on any atom is -0.469 e. The number of carbonyl (C=O) groups excluding carboxylic acids is 1. The Hall–Kier alpha value is -1.54. The van der Waals surface area contributed by atoms with Crippen LogP contribution in [0.3, 0.4) is 0 Å². The first-order valence-corrected chi connectivity index (χ1v) is 6.33. The van der Waals surface area contributed by atoms with E-state index in [0.29, 0.717) is 5.56 Å². The van der Waals surface area contributed by atoms with Gasteiger partial charge in [-0.1, -0.05) is 0 Å². The van der Waals surface area contributed by atoms with Gasteiger partial charge in [-0.2, -0.15) is 5.26 Å². The second-order valence-corrected chi connectivity index (χ2v) is 4.91. The molecule has 0 spiro atoms. The maximum Gasteiger partial charge on any atom is 0.310 e. The fourth-order valence-corrected chi connectivity index (χ4v) is 1.96. The number of ether oxygens (including phenoxy) is 1. The number of methoxy groups -OCH3 is 1. The highest BCUT2D eigenvalue weighted by Gasteiger charge is 2.21. The first-order valence-electron chi connectivity index (χ1n) is 5.53. The smallest absolute Gasteiger partial charge is 0.310 e. The van der Waals surface area contributed by atoms with Gasteiger partial charge in [0, 0.05) is 16.2 Å². The van der Waals surface area contributed by atoms with Crippen LogP contribution in [0.2, 0.25) is 0 Å². The molecule has 1 aromatic rings. The largest absolute Gasteiger partial charge is 0.469 e. The molecule has 0 aliphatic heterocycles. The van der Waals surface area contributed by atoms with Crippen LogP contribution in [-0.2, 0) is 9.53 Å². The number of benzene rings is 1. The Morgan fingerprint density at radius 2 is 2.17 bits per heavy atom. The molecule has 96 valence electrons. The summed E-state index contributed by atoms with van der Waals surface area (Å²) in [6.07, 6.45) is 0. The maximum absolute atomic E-state index is 11.4. The predicted molar refractivity (Wildman–Crippen MR) is 73.1 cm³/mol. The topological polar surface area (TPSA) is 62.1 Å². The number of hydrogen-bond donors (Lipinski definition) is 1. The van der Waals surface area contributed by atoms with Crippen molar-refractivity contribution in [2.75, 3.05) is 12.4 Å². The molecule has 0 amide bonds. The number of halogens is 1. The number of anilines is 1. The van der Waals surface area contributed by atoms with E-state index in [0.717, 1.165) is 10.2 Å². The molecule has 4 nitrogen and oxygen atoms in total. The van der Waals surface area contributed by atoms with Gasteiger partial charge in [0.1, 0.15) is 0 Å². The summed E-state index contributed by atoms with van der Waals surface area (Å²) in [5, 5.41) is 12.0. The Morgan fingerprint density at radius 1 is 1.50 bits per heavy atom. The molecule has 1 N–H and O–H groups in total. The predicted octanol–water partition coefficient (Wildman–Crippen LogP) is 2.93. The zero-order valence-electron chi connectivity index (χ0n) is 10.5. The van der Waals surface area contributed by atoms with Crippen molar-refractivity contribution in [2.45, 2.75) is 19.9 Å². The molecule has 0 radical (unpaired) electrons. The third kappa shape index (κ3) is 3.47. The van der Waals surface area contributed by atoms with E-state index < -0.39 is 0 Å². The lowest BCUT2D eigenvalue weighted by Gasteiger charge is -2.21. The molecular weight excluding hydrogens is 296 g/mol. The summed E-state index contributed by atoms with van der Waals surface area (Å²) >= 11 is 3.39. The molecule has 0 bridgehead atoms. The monoisotopic (exact) mass is 310 g/mol. The van der Waals surface area contributed by atoms with Gasteiger partial charge in [-0.15, -0.1) is 0 Å². The van der Waals surface area contributed by atoms with E-state index in [2.05, 4.69) is 27.3 Å². The summed E-state index contributed by atoms with van der Waals surface area (Å²) in [6.45, 7) is 3.72. The molecule has 0 aliphatic rings. The number of carbonyl (C=O) groups is 1. The lowest BCUT2D eigenvalue weighted by molar-refractivity contribution is -0.145. The normalized spacial score (nSPS) is 13.3. The summed E-state index contributed by atoms with van der Waals surface area (Å²) < 4.78 is 5.50. The van der Waals surface area contributed by atoms with E-state index in [1.54, 1.807) is 19.1 Å². The molecule has 2 unspecified atom stereocenters. The van der Waals surface area contributed by atoms with Crippen LogP contribution >= 0.6 is 15.9 Å². The van der Waals surface area contributed by atoms with Crippen LogP contribution in [0.1, 0.15) is 19.4 Å². The van der Waals surface area contributed by atoms with Gasteiger partial charge in [0.05, 0.1) is 24.7 Å². The second kappa shape index (κ2) is 6.41. The van der Waals surface area contributed by atoms with Crippen molar-refractivity contribution in [3.8, 4) is 6.07 Å². The third-order valence-corrected chi connectivity index (χ3v) is 3.46. The van der Waals surface area contributed by atoms with Crippen molar-refractivity contribution in [2.24, 2.45) is 5.92 Å². The molecule has 0 fully saturated rings. The fourth-order valence-electron chi connectivity index (χ4n) is 1.46. The first kappa shape index (κ1) is 14.5. The van der Waals surface area contributed by atoms with Crippen molar-refractivity contribution in [1.29, 1.82) is 5.26 Å². The zero-order chi connectivity index (χ0) is 13.7. The molecule has 0 heterocycles. The van der Waals surface area contributed by atoms with Crippen LogP contribution in [0.25, 0.3) is 0 Å². The summed E-state index contributed by atoms with van der Waals surface area (Å²) in [6, 6.07) is 7.27. The van der Waals surface area contributed by atoms with Crippen LogP contribution in [0, 0.1) is 17.2 Å². The van der Waals surface area contributed by atoms with E-state index in [1.165, 1.54) is 7.11 Å². The molecular formula is C13H15BrN2O2. The van der Waals surface area contributed by atoms with Crippen molar-refractivity contribution in [3.63, 3.8) is 0 Å². The van der Waals surface area contributed by atoms with Crippen molar-refractivity contribution >= 4 is 27.6 Å². The van der Waals surface area contributed by atoms with Gasteiger partial charge in [-0.3, -0.25) is 4.79 Å². The average Bonchev–Trinajstić information content (AvgIpc) is 2.38. The van der Waals surface area contributed by atoms with Gasteiger partial charge >= 0.3 is 5.97 Å². The van der Waals surface area contributed by atoms with Crippen molar-refractivity contribution < 1.29 is 9.53 Å². The SMILES string of the molecule is COC(=O)C(C)C(C)Nc1ccc(C#N)cc1Br. The van der Waals surface area contributed by atoms with Crippen molar-refractivity contribution in [3.05, 3.63) is 28.2 Å². The Morgan fingerprint density at radius 3 is 2.67 bits per heavy atom. The van der Waals surface area contributed by atoms with Crippen LogP contribution in [0.5, 0.6) is 0 Å². The van der Waals surface area contributed by atoms with E-state index in [4.69, 9.17) is 10.00 Å². The molecule has 18 heavy (non-hydrogen) atoms. The molecule has 2 atom stereocenters. The van der Waals surface area contributed by atoms with Gasteiger partial charge in [0.25, 0.3) is 0 Å². The molecule has 0 aromatic heterocycles. The van der Waals surface area contributed by atoms with E-state index in [9.17, 15) is 4.79 Å². The number of nitriles is 1. The highest BCUT2D eigenvalue weighted by Crippen LogP contribution is 2.25. The van der Waals surface area contributed by atoms with Crippen LogP contribution < -0.4 is 5.32 Å². The summed E-state index contributed by atoms with van der Waals surface area (Å²) in [7, 11) is 1.38. The maximum atomic E-state index is 11.4. The Kier molecular flexibility index (Phi) is 5.17. The highest BCUT2D eigenvalue weighted by atomic mass is 79.9. The van der Waals surface area contributed by atoms with E-state index >= 15 is 0 Å². The number of nitrogens with zero attached hydrogens (tertiary/aromatic N) is 1. The van der Waals surface area contributed by atoms with Gasteiger partial charge in [-0.25, -0.2) is 0 Å². The van der Waals surface area contributed by atoms with Crippen LogP contribution in [-0.4, -0.2) is 19.1 Å². The van der Waals surface area contributed by atoms with Gasteiger partial charge in [-0.05, 0) is 48.0 Å². The Bertz CT molecular complexity index is 482. The van der Waals surface area contributed by atoms with Gasteiger partial charge in [0.2, 0.25) is 0 Å². The molecule has 0 saturated heterocycles. The first-order chi connectivity index (χ1) is 8.49. The van der Waals surface area contributed by atoms with E-state index in [-0.39, 0.29) is 17.9 Å². The molecule has 0 aliphatic carbocycles. The number of hydrogen-bond acceptors (Lipinski definition) is 4. The quantitative estimate of drug-likeness (QED) is 0.869. The molecule has 0 saturated carbocycles. The number of rotatable bonds is 4. The van der Waals surface area contributed by atoms with E-state index in [1.807, 2.05) is 13.0 Å². The zero-order valence-corrected chi connectivity index (χ0v) is 12.1. The van der Waals surface area contributed by atoms with Crippen LogP contribution in [0.15, 0.2) is 22.7 Å². The average molecular weight is 311 g/mol. The highest BCUT2D eigenvalue weighted by molar-refractivity contribution is 9.10. The minimum absolute atomic E-state index is 0.0679. The minimum atomic E-state index is -0.252. The summed E-state index contributed by atoms with van der Waals surface area (Å²) in [4.78, 5) is 11.4. The van der Waals surface area contributed by atoms with Gasteiger partial charge < -0.3 is 10.1 Å². The molecule has 1 rings (SSSR count). The molecule has 1 aromatic carbocycles. The van der Waals surface area contributed by atoms with Crippen LogP contribution in [0.4, 0.5) is 5.69 Å². The molecule has 5 heteroatoms.